The summed E-state index contributed by atoms with van der Waals surface area (Å²) in [4.78, 5) is 46.3. The molecule has 0 atom stereocenters. The van der Waals surface area contributed by atoms with Gasteiger partial charge in [-0.15, -0.1) is 0 Å². The minimum absolute atomic E-state index is 0. The second-order valence-electron chi connectivity index (χ2n) is 6.05. The number of esters is 3. The molecule has 0 saturated heterocycles. The van der Waals surface area contributed by atoms with Crippen LogP contribution in [-0.2, 0) is 19.0 Å². The lowest BCUT2D eigenvalue weighted by atomic mass is 10.3. The molecule has 13 nitrogen and oxygen atoms in total. The molecule has 3 aromatic rings. The first kappa shape index (κ1) is 30.6. The number of aromatic nitrogens is 5. The van der Waals surface area contributed by atoms with Crippen molar-refractivity contribution < 1.29 is 28.6 Å². The summed E-state index contributed by atoms with van der Waals surface area (Å²) in [5.74, 6) is -0.966. The van der Waals surface area contributed by atoms with E-state index in [0.717, 1.165) is 0 Å². The molecular formula is C22H32N6O7. The number of allylic oxidation sites excluding steroid dienone is 1. The monoisotopic (exact) mass is 492 g/mol. The minimum Gasteiger partial charge on any atom is -0.463 e. The number of carbonyl (C=O) groups excluding carboxylic acids is 3. The quantitative estimate of drug-likeness (QED) is 0.262. The molecule has 13 heteroatoms. The van der Waals surface area contributed by atoms with Gasteiger partial charge in [0.1, 0.15) is 16.9 Å². The van der Waals surface area contributed by atoms with E-state index in [1.54, 1.807) is 33.8 Å². The molecule has 0 fully saturated rings. The molecule has 0 aromatic carbocycles. The van der Waals surface area contributed by atoms with Gasteiger partial charge in [0.2, 0.25) is 0 Å². The summed E-state index contributed by atoms with van der Waals surface area (Å²) in [6, 6.07) is 1.33. The number of aromatic amines is 2. The Morgan fingerprint density at radius 1 is 1.03 bits per heavy atom. The molecule has 192 valence electrons. The van der Waals surface area contributed by atoms with Gasteiger partial charge in [0.05, 0.1) is 32.2 Å². The standard InChI is InChI=1S/C9H9N3O3.C6H9N3O2.C6H10O2.CH4/c1-2-15-9(14)6-5-10-12-4-3-7(13)11-8(6)12;1-2-11-6(10)4-3-8-9-5(4)7;1-3-5-6(7)8-4-2;/h3-5H,2H2,1H3,(H,11,13);3H,2H2,1H3,(H3,7,8,9);3,5H,4H2,1-2H3;1H4/b;;5-3+;. The van der Waals surface area contributed by atoms with Gasteiger partial charge in [-0.05, 0) is 27.7 Å². The maximum absolute atomic E-state index is 11.4. The van der Waals surface area contributed by atoms with Gasteiger partial charge in [0.15, 0.2) is 5.65 Å². The molecule has 3 aromatic heterocycles. The van der Waals surface area contributed by atoms with Gasteiger partial charge in [-0.2, -0.15) is 10.2 Å². The number of H-pyrrole nitrogens is 2. The van der Waals surface area contributed by atoms with E-state index in [1.165, 1.54) is 35.2 Å². The van der Waals surface area contributed by atoms with E-state index in [2.05, 4.69) is 29.8 Å². The summed E-state index contributed by atoms with van der Waals surface area (Å²) in [5, 5.41) is 9.92. The predicted octanol–water partition coefficient (Wildman–Crippen LogP) is 2.13. The number of nitrogen functional groups attached to an aromatic ring is 1. The van der Waals surface area contributed by atoms with Crippen molar-refractivity contribution in [3.63, 3.8) is 0 Å². The van der Waals surface area contributed by atoms with Crippen LogP contribution >= 0.6 is 0 Å². The first-order valence-electron chi connectivity index (χ1n) is 10.3. The Labute approximate surface area is 202 Å². The average molecular weight is 493 g/mol. The zero-order valence-electron chi connectivity index (χ0n) is 19.4. The van der Waals surface area contributed by atoms with E-state index in [4.69, 9.17) is 10.5 Å². The fourth-order valence-electron chi connectivity index (χ4n) is 2.25. The molecule has 0 saturated carbocycles. The van der Waals surface area contributed by atoms with Crippen molar-refractivity contribution in [2.75, 3.05) is 25.6 Å². The highest BCUT2D eigenvalue weighted by atomic mass is 16.5. The van der Waals surface area contributed by atoms with Gasteiger partial charge in [-0.3, -0.25) is 9.89 Å². The summed E-state index contributed by atoms with van der Waals surface area (Å²) in [5.41, 5.74) is 5.96. The van der Waals surface area contributed by atoms with E-state index >= 15 is 0 Å². The number of anilines is 1. The van der Waals surface area contributed by atoms with E-state index in [1.807, 2.05) is 0 Å². The zero-order valence-corrected chi connectivity index (χ0v) is 19.4. The number of rotatable bonds is 6. The van der Waals surface area contributed by atoms with Gasteiger partial charge in [-0.25, -0.2) is 18.9 Å². The zero-order chi connectivity index (χ0) is 25.5. The second-order valence-corrected chi connectivity index (χ2v) is 6.05. The lowest BCUT2D eigenvalue weighted by Crippen LogP contribution is -2.10. The SMILES string of the molecule is C.C/C=C/C(=O)OCC.CCOC(=O)c1cn[nH]c1N.CCOC(=O)c1cnn2ccc(=O)[nH]c12. The number of ether oxygens (including phenoxy) is 3. The minimum atomic E-state index is -0.491. The van der Waals surface area contributed by atoms with Crippen molar-refractivity contribution in [1.82, 2.24) is 24.8 Å². The fraction of sp³-hybridized carbons (Fsp3) is 0.364. The van der Waals surface area contributed by atoms with Crippen molar-refractivity contribution in [1.29, 1.82) is 0 Å². The third kappa shape index (κ3) is 9.94. The van der Waals surface area contributed by atoms with E-state index in [0.29, 0.717) is 18.9 Å². The number of carbonyl (C=O) groups is 3. The number of nitrogens with zero attached hydrogens (tertiary/aromatic N) is 3. The largest absolute Gasteiger partial charge is 0.463 e. The van der Waals surface area contributed by atoms with Gasteiger partial charge < -0.3 is 24.9 Å². The molecule has 35 heavy (non-hydrogen) atoms. The molecule has 0 aliphatic carbocycles. The van der Waals surface area contributed by atoms with Gasteiger partial charge in [0, 0.05) is 18.3 Å². The van der Waals surface area contributed by atoms with Crippen LogP contribution in [0.5, 0.6) is 0 Å². The molecule has 0 spiro atoms. The number of hydrogen-bond acceptors (Lipinski definition) is 10. The number of hydrogen-bond donors (Lipinski definition) is 3. The summed E-state index contributed by atoms with van der Waals surface area (Å²) in [7, 11) is 0. The summed E-state index contributed by atoms with van der Waals surface area (Å²) < 4.78 is 15.5. The Hall–Kier alpha value is -4.42. The highest BCUT2D eigenvalue weighted by Gasteiger charge is 2.14. The molecule has 0 bridgehead atoms. The van der Waals surface area contributed by atoms with Crippen molar-refractivity contribution in [3.05, 3.63) is 58.3 Å². The van der Waals surface area contributed by atoms with Crippen LogP contribution < -0.4 is 11.3 Å². The number of fused-ring (bicyclic) bond motifs is 1. The van der Waals surface area contributed by atoms with Gasteiger partial charge in [0.25, 0.3) is 5.56 Å². The van der Waals surface area contributed by atoms with E-state index in [-0.39, 0.29) is 42.5 Å². The third-order valence-electron chi connectivity index (χ3n) is 3.65. The molecule has 0 unspecified atom stereocenters. The lowest BCUT2D eigenvalue weighted by Gasteiger charge is -1.98. The van der Waals surface area contributed by atoms with Gasteiger partial charge >= 0.3 is 17.9 Å². The molecule has 3 heterocycles. The Kier molecular flexibility index (Phi) is 14.2. The molecule has 0 aliphatic heterocycles. The van der Waals surface area contributed by atoms with Crippen LogP contribution in [0.4, 0.5) is 5.82 Å². The van der Waals surface area contributed by atoms with Crippen LogP contribution in [-0.4, -0.2) is 62.5 Å². The predicted molar refractivity (Wildman–Crippen MR) is 129 cm³/mol. The molecule has 0 radical (unpaired) electrons. The third-order valence-corrected chi connectivity index (χ3v) is 3.65. The van der Waals surface area contributed by atoms with Crippen LogP contribution in [0.25, 0.3) is 5.65 Å². The topological polar surface area (TPSA) is 184 Å². The van der Waals surface area contributed by atoms with Crippen LogP contribution in [0.2, 0.25) is 0 Å². The molecule has 0 amide bonds. The Morgan fingerprint density at radius 3 is 2.14 bits per heavy atom. The molecule has 0 aliphatic rings. The summed E-state index contributed by atoms with van der Waals surface area (Å²) >= 11 is 0. The van der Waals surface area contributed by atoms with Gasteiger partial charge in [-0.1, -0.05) is 13.5 Å². The van der Waals surface area contributed by atoms with Crippen molar-refractivity contribution in [3.8, 4) is 0 Å². The summed E-state index contributed by atoms with van der Waals surface area (Å²) in [6.07, 6.45) is 7.23. The highest BCUT2D eigenvalue weighted by molar-refractivity contribution is 5.95. The van der Waals surface area contributed by atoms with Crippen molar-refractivity contribution in [2.24, 2.45) is 0 Å². The van der Waals surface area contributed by atoms with E-state index < -0.39 is 11.9 Å². The summed E-state index contributed by atoms with van der Waals surface area (Å²) in [6.45, 7) is 8.07. The maximum Gasteiger partial charge on any atom is 0.343 e. The first-order chi connectivity index (χ1) is 16.3. The van der Waals surface area contributed by atoms with Crippen LogP contribution in [0.15, 0.2) is 41.6 Å². The first-order valence-corrected chi connectivity index (χ1v) is 10.3. The van der Waals surface area contributed by atoms with Crippen LogP contribution in [0, 0.1) is 0 Å². The number of nitrogens with one attached hydrogen (secondary N) is 2. The molecule has 3 rings (SSSR count). The average Bonchev–Trinajstić information content (AvgIpc) is 3.41. The fourth-order valence-corrected chi connectivity index (χ4v) is 2.25. The van der Waals surface area contributed by atoms with Crippen molar-refractivity contribution in [2.45, 2.75) is 35.1 Å². The van der Waals surface area contributed by atoms with E-state index in [9.17, 15) is 19.2 Å². The normalized spacial score (nSPS) is 9.71. The van der Waals surface area contributed by atoms with Crippen LogP contribution in [0.3, 0.4) is 0 Å². The smallest absolute Gasteiger partial charge is 0.343 e. The Bertz CT molecular complexity index is 1160. The highest BCUT2D eigenvalue weighted by Crippen LogP contribution is 2.07. The molecular weight excluding hydrogens is 460 g/mol. The van der Waals surface area contributed by atoms with Crippen molar-refractivity contribution >= 4 is 29.4 Å². The second kappa shape index (κ2) is 16.2. The number of nitrogens with two attached hydrogens (primary N) is 1. The maximum atomic E-state index is 11.4. The molecule has 4 N–H and O–H groups in total. The lowest BCUT2D eigenvalue weighted by molar-refractivity contribution is -0.137. The Morgan fingerprint density at radius 2 is 1.63 bits per heavy atom. The van der Waals surface area contributed by atoms with Crippen LogP contribution in [0.1, 0.15) is 55.8 Å². The Balaban J connectivity index is 0.000000516.